The molecule has 0 aromatic heterocycles. The van der Waals surface area contributed by atoms with Crippen LogP contribution >= 0.6 is 0 Å². The molecule has 0 bridgehead atoms. The van der Waals surface area contributed by atoms with Crippen LogP contribution in [0.25, 0.3) is 0 Å². The summed E-state index contributed by atoms with van der Waals surface area (Å²) in [6.07, 6.45) is -2.02. The van der Waals surface area contributed by atoms with Gasteiger partial charge in [0.15, 0.2) is 6.29 Å². The Kier molecular flexibility index (Phi) is 2.02. The molecule has 0 amide bonds. The lowest BCUT2D eigenvalue weighted by Gasteiger charge is -2.08. The highest BCUT2D eigenvalue weighted by molar-refractivity contribution is 4.75. The van der Waals surface area contributed by atoms with Crippen LogP contribution in [0.5, 0.6) is 0 Å². The predicted octanol–water partition coefficient (Wildman–Crippen LogP) is -1.55. The van der Waals surface area contributed by atoms with Crippen LogP contribution in [0.15, 0.2) is 0 Å². The van der Waals surface area contributed by atoms with E-state index in [-0.39, 0.29) is 13.0 Å². The highest BCUT2D eigenvalue weighted by Gasteiger charge is 2.31. The third kappa shape index (κ3) is 1.40. The molecule has 0 saturated carbocycles. The summed E-state index contributed by atoms with van der Waals surface area (Å²) >= 11 is 0. The summed E-state index contributed by atoms with van der Waals surface area (Å²) in [5, 5.41) is 26.1. The molecule has 0 unspecified atom stereocenters. The van der Waals surface area contributed by atoms with Crippen LogP contribution in [0.2, 0.25) is 0 Å². The second kappa shape index (κ2) is 2.62. The first-order valence-corrected chi connectivity index (χ1v) is 2.86. The fourth-order valence-corrected chi connectivity index (χ4v) is 0.871. The molecule has 3 N–H and O–H groups in total. The minimum atomic E-state index is -0.905. The van der Waals surface area contributed by atoms with E-state index in [4.69, 9.17) is 15.3 Å². The van der Waals surface area contributed by atoms with Crippen molar-refractivity contribution >= 4 is 0 Å². The molecule has 1 aliphatic heterocycles. The molecule has 1 fully saturated rings. The number of rotatable bonds is 1. The van der Waals surface area contributed by atoms with Crippen LogP contribution in [-0.4, -0.2) is 40.4 Å². The van der Waals surface area contributed by atoms with Crippen molar-refractivity contribution in [2.75, 3.05) is 6.61 Å². The Balaban J connectivity index is 2.38. The molecule has 1 saturated heterocycles. The molecule has 0 aliphatic carbocycles. The zero-order chi connectivity index (χ0) is 6.85. The van der Waals surface area contributed by atoms with Gasteiger partial charge in [0.2, 0.25) is 0 Å². The van der Waals surface area contributed by atoms with Crippen LogP contribution in [0.4, 0.5) is 0 Å². The zero-order valence-electron chi connectivity index (χ0n) is 4.90. The summed E-state index contributed by atoms with van der Waals surface area (Å²) in [6, 6.07) is 0. The lowest BCUT2D eigenvalue weighted by atomic mass is 10.2. The van der Waals surface area contributed by atoms with Gasteiger partial charge in [-0.1, -0.05) is 0 Å². The van der Waals surface area contributed by atoms with E-state index in [9.17, 15) is 0 Å². The second-order valence-corrected chi connectivity index (χ2v) is 2.11. The molecular weight excluding hydrogens is 124 g/mol. The SMILES string of the molecule is OC[C@H]1O[C@@H](O)C[C@H]1O. The molecule has 0 aromatic rings. The lowest BCUT2D eigenvalue weighted by Crippen LogP contribution is -2.24. The van der Waals surface area contributed by atoms with Crippen LogP contribution in [0, 0.1) is 0 Å². The van der Waals surface area contributed by atoms with Crippen molar-refractivity contribution in [2.45, 2.75) is 24.9 Å². The zero-order valence-corrected chi connectivity index (χ0v) is 4.90. The van der Waals surface area contributed by atoms with Gasteiger partial charge in [0.25, 0.3) is 0 Å². The van der Waals surface area contributed by atoms with Gasteiger partial charge >= 0.3 is 0 Å². The first kappa shape index (κ1) is 6.95. The largest absolute Gasteiger partial charge is 0.394 e. The third-order valence-corrected chi connectivity index (χ3v) is 1.38. The highest BCUT2D eigenvalue weighted by atomic mass is 16.6. The molecule has 4 heteroatoms. The third-order valence-electron chi connectivity index (χ3n) is 1.38. The van der Waals surface area contributed by atoms with Crippen molar-refractivity contribution in [2.24, 2.45) is 0 Å². The van der Waals surface area contributed by atoms with Crippen molar-refractivity contribution in [3.8, 4) is 0 Å². The van der Waals surface area contributed by atoms with Gasteiger partial charge in [-0.15, -0.1) is 0 Å². The van der Waals surface area contributed by atoms with Crippen molar-refractivity contribution in [1.82, 2.24) is 0 Å². The monoisotopic (exact) mass is 134 g/mol. The minimum absolute atomic E-state index is 0.200. The van der Waals surface area contributed by atoms with Gasteiger partial charge < -0.3 is 20.1 Å². The smallest absolute Gasteiger partial charge is 0.157 e. The number of ether oxygens (including phenoxy) is 1. The maximum Gasteiger partial charge on any atom is 0.157 e. The van der Waals surface area contributed by atoms with Gasteiger partial charge in [0.1, 0.15) is 6.10 Å². The maximum atomic E-state index is 8.91. The Bertz CT molecular complexity index is 95.0. The maximum absolute atomic E-state index is 8.91. The first-order valence-electron chi connectivity index (χ1n) is 2.86. The predicted molar refractivity (Wildman–Crippen MR) is 28.6 cm³/mol. The molecule has 4 nitrogen and oxygen atoms in total. The Hall–Kier alpha value is -0.160. The number of aliphatic hydroxyl groups excluding tert-OH is 3. The normalized spacial score (nSPS) is 43.7. The van der Waals surface area contributed by atoms with E-state index < -0.39 is 18.5 Å². The summed E-state index contributed by atoms with van der Waals surface area (Å²) in [5.41, 5.74) is 0. The molecule has 1 heterocycles. The molecule has 9 heavy (non-hydrogen) atoms. The fourth-order valence-electron chi connectivity index (χ4n) is 0.871. The first-order chi connectivity index (χ1) is 4.24. The van der Waals surface area contributed by atoms with E-state index in [1.165, 1.54) is 0 Å². The molecule has 0 radical (unpaired) electrons. The number of hydrogen-bond donors (Lipinski definition) is 3. The molecule has 0 aromatic carbocycles. The molecular formula is C5H10O4. The molecule has 0 spiro atoms. The topological polar surface area (TPSA) is 69.9 Å². The molecule has 1 aliphatic rings. The summed E-state index contributed by atoms with van der Waals surface area (Å²) in [7, 11) is 0. The van der Waals surface area contributed by atoms with Crippen molar-refractivity contribution < 1.29 is 20.1 Å². The van der Waals surface area contributed by atoms with E-state index >= 15 is 0 Å². The number of aliphatic hydroxyl groups is 3. The van der Waals surface area contributed by atoms with E-state index in [0.717, 1.165) is 0 Å². The average molecular weight is 134 g/mol. The van der Waals surface area contributed by atoms with Gasteiger partial charge in [-0.2, -0.15) is 0 Å². The second-order valence-electron chi connectivity index (χ2n) is 2.11. The quantitative estimate of drug-likeness (QED) is 0.406. The van der Waals surface area contributed by atoms with Crippen LogP contribution in [0.3, 0.4) is 0 Å². The van der Waals surface area contributed by atoms with Gasteiger partial charge in [0.05, 0.1) is 12.7 Å². The fraction of sp³-hybridized carbons (Fsp3) is 1.00. The van der Waals surface area contributed by atoms with Crippen LogP contribution < -0.4 is 0 Å². The van der Waals surface area contributed by atoms with Crippen LogP contribution in [0.1, 0.15) is 6.42 Å². The summed E-state index contributed by atoms with van der Waals surface area (Å²) in [4.78, 5) is 0. The van der Waals surface area contributed by atoms with Gasteiger partial charge in [0, 0.05) is 6.42 Å². The molecule has 54 valence electrons. The van der Waals surface area contributed by atoms with Crippen LogP contribution in [-0.2, 0) is 4.74 Å². The summed E-state index contributed by atoms with van der Waals surface area (Å²) in [5.74, 6) is 0. The van der Waals surface area contributed by atoms with Crippen molar-refractivity contribution in [3.05, 3.63) is 0 Å². The Morgan fingerprint density at radius 2 is 2.11 bits per heavy atom. The van der Waals surface area contributed by atoms with Gasteiger partial charge in [-0.05, 0) is 0 Å². The summed E-state index contributed by atoms with van der Waals surface area (Å²) in [6.45, 7) is -0.238. The van der Waals surface area contributed by atoms with E-state index in [1.54, 1.807) is 0 Å². The van der Waals surface area contributed by atoms with Gasteiger partial charge in [-0.3, -0.25) is 0 Å². The molecule has 3 atom stereocenters. The molecule has 1 rings (SSSR count). The standard InChI is InChI=1S/C5H10O4/c6-2-4-3(7)1-5(8)9-4/h3-8H,1-2H2/t3-,4-,5-/m1/s1. The highest BCUT2D eigenvalue weighted by Crippen LogP contribution is 2.17. The van der Waals surface area contributed by atoms with Gasteiger partial charge in [-0.25, -0.2) is 0 Å². The van der Waals surface area contributed by atoms with Crippen molar-refractivity contribution in [3.63, 3.8) is 0 Å². The average Bonchev–Trinajstić information content (AvgIpc) is 2.10. The van der Waals surface area contributed by atoms with Crippen molar-refractivity contribution in [1.29, 1.82) is 0 Å². The van der Waals surface area contributed by atoms with E-state index in [2.05, 4.69) is 4.74 Å². The Morgan fingerprint density at radius 1 is 1.44 bits per heavy atom. The summed E-state index contributed by atoms with van der Waals surface area (Å²) < 4.78 is 4.68. The number of hydrogen-bond acceptors (Lipinski definition) is 4. The van der Waals surface area contributed by atoms with E-state index in [1.807, 2.05) is 0 Å². The Labute approximate surface area is 52.7 Å². The Morgan fingerprint density at radius 3 is 2.33 bits per heavy atom. The lowest BCUT2D eigenvalue weighted by molar-refractivity contribution is -0.107. The minimum Gasteiger partial charge on any atom is -0.394 e. The van der Waals surface area contributed by atoms with E-state index in [0.29, 0.717) is 0 Å².